The van der Waals surface area contributed by atoms with Gasteiger partial charge in [-0.05, 0) is 55.3 Å². The number of hydrogen-bond donors (Lipinski definition) is 1. The molecule has 0 heterocycles. The maximum atomic E-state index is 3.56. The van der Waals surface area contributed by atoms with Crippen molar-refractivity contribution in [1.29, 1.82) is 0 Å². The molecule has 0 aliphatic heterocycles. The number of benzene rings is 1. The van der Waals surface area contributed by atoms with Crippen LogP contribution in [0.15, 0.2) is 24.3 Å². The minimum atomic E-state index is 0.501. The first-order valence-electron chi connectivity index (χ1n) is 7.97. The van der Waals surface area contributed by atoms with E-state index in [-0.39, 0.29) is 0 Å². The molecule has 0 amide bonds. The SMILES string of the molecule is CNC(c1ccc(N(C)C)cc1)C1CCC(C)C(C)C1. The maximum Gasteiger partial charge on any atom is 0.0361 e. The van der Waals surface area contributed by atoms with E-state index < -0.39 is 0 Å². The minimum Gasteiger partial charge on any atom is -0.378 e. The molecule has 1 aromatic rings. The molecule has 2 heteroatoms. The summed E-state index contributed by atoms with van der Waals surface area (Å²) in [5.41, 5.74) is 2.71. The van der Waals surface area contributed by atoms with Crippen molar-refractivity contribution in [3.63, 3.8) is 0 Å². The largest absolute Gasteiger partial charge is 0.378 e. The van der Waals surface area contributed by atoms with Crippen LogP contribution in [0.3, 0.4) is 0 Å². The van der Waals surface area contributed by atoms with Gasteiger partial charge < -0.3 is 10.2 Å². The van der Waals surface area contributed by atoms with Gasteiger partial charge in [-0.3, -0.25) is 0 Å². The molecule has 0 saturated heterocycles. The van der Waals surface area contributed by atoms with Crippen molar-refractivity contribution in [2.24, 2.45) is 17.8 Å². The van der Waals surface area contributed by atoms with Gasteiger partial charge in [-0.25, -0.2) is 0 Å². The Morgan fingerprint density at radius 1 is 1.05 bits per heavy atom. The van der Waals surface area contributed by atoms with E-state index in [1.807, 2.05) is 0 Å². The van der Waals surface area contributed by atoms with Gasteiger partial charge in [0, 0.05) is 25.8 Å². The summed E-state index contributed by atoms with van der Waals surface area (Å²) in [5, 5.41) is 3.56. The van der Waals surface area contributed by atoms with Crippen LogP contribution in [0.2, 0.25) is 0 Å². The Morgan fingerprint density at radius 2 is 1.70 bits per heavy atom. The highest BCUT2D eigenvalue weighted by molar-refractivity contribution is 5.46. The van der Waals surface area contributed by atoms with Crippen LogP contribution in [0.25, 0.3) is 0 Å². The number of nitrogens with one attached hydrogen (secondary N) is 1. The van der Waals surface area contributed by atoms with E-state index in [1.165, 1.54) is 30.5 Å². The van der Waals surface area contributed by atoms with Crippen molar-refractivity contribution in [2.75, 3.05) is 26.0 Å². The van der Waals surface area contributed by atoms with Gasteiger partial charge in [-0.2, -0.15) is 0 Å². The number of anilines is 1. The van der Waals surface area contributed by atoms with Crippen LogP contribution in [0.1, 0.15) is 44.7 Å². The molecular weight excluding hydrogens is 244 g/mol. The Labute approximate surface area is 124 Å². The predicted octanol–water partition coefficient (Wildman–Crippen LogP) is 4.09. The molecule has 2 nitrogen and oxygen atoms in total. The zero-order valence-electron chi connectivity index (χ0n) is 13.7. The topological polar surface area (TPSA) is 15.3 Å². The van der Waals surface area contributed by atoms with Crippen LogP contribution < -0.4 is 10.2 Å². The second-order valence-electron chi connectivity index (χ2n) is 6.78. The number of rotatable bonds is 4. The highest BCUT2D eigenvalue weighted by Crippen LogP contribution is 2.39. The number of hydrogen-bond acceptors (Lipinski definition) is 2. The quantitative estimate of drug-likeness (QED) is 0.890. The molecule has 0 bridgehead atoms. The predicted molar refractivity (Wildman–Crippen MR) is 88.2 cm³/mol. The first-order valence-corrected chi connectivity index (χ1v) is 7.97. The molecule has 112 valence electrons. The summed E-state index contributed by atoms with van der Waals surface area (Å²) in [7, 11) is 6.29. The third-order valence-corrected chi connectivity index (χ3v) is 5.19. The molecular formula is C18H30N2. The Balaban J connectivity index is 2.11. The minimum absolute atomic E-state index is 0.501. The smallest absolute Gasteiger partial charge is 0.0361 e. The van der Waals surface area contributed by atoms with Crippen LogP contribution in [-0.2, 0) is 0 Å². The molecule has 4 unspecified atom stereocenters. The van der Waals surface area contributed by atoms with Gasteiger partial charge in [-0.15, -0.1) is 0 Å². The van der Waals surface area contributed by atoms with E-state index in [0.29, 0.717) is 6.04 Å². The molecule has 1 fully saturated rings. The van der Waals surface area contributed by atoms with Gasteiger partial charge in [0.25, 0.3) is 0 Å². The van der Waals surface area contributed by atoms with Crippen molar-refractivity contribution in [2.45, 2.75) is 39.2 Å². The molecule has 0 radical (unpaired) electrons. The summed E-state index contributed by atoms with van der Waals surface area (Å²) >= 11 is 0. The van der Waals surface area contributed by atoms with Crippen LogP contribution in [0.5, 0.6) is 0 Å². The van der Waals surface area contributed by atoms with Gasteiger partial charge in [0.05, 0.1) is 0 Å². The van der Waals surface area contributed by atoms with E-state index in [1.54, 1.807) is 0 Å². The average molecular weight is 274 g/mol. The molecule has 0 spiro atoms. The lowest BCUT2D eigenvalue weighted by molar-refractivity contribution is 0.175. The Morgan fingerprint density at radius 3 is 2.20 bits per heavy atom. The zero-order valence-corrected chi connectivity index (χ0v) is 13.7. The maximum absolute atomic E-state index is 3.56. The number of nitrogens with zero attached hydrogens (tertiary/aromatic N) is 1. The normalized spacial score (nSPS) is 28.1. The van der Waals surface area contributed by atoms with E-state index >= 15 is 0 Å². The van der Waals surface area contributed by atoms with Gasteiger partial charge in [-0.1, -0.05) is 32.4 Å². The molecule has 20 heavy (non-hydrogen) atoms. The van der Waals surface area contributed by atoms with Crippen molar-refractivity contribution < 1.29 is 0 Å². The molecule has 1 aromatic carbocycles. The highest BCUT2D eigenvalue weighted by Gasteiger charge is 2.30. The zero-order chi connectivity index (χ0) is 14.7. The van der Waals surface area contributed by atoms with Crippen molar-refractivity contribution in [1.82, 2.24) is 5.32 Å². The molecule has 4 atom stereocenters. The summed E-state index contributed by atoms with van der Waals surface area (Å²) in [6, 6.07) is 9.54. The second kappa shape index (κ2) is 6.62. The fraction of sp³-hybridized carbons (Fsp3) is 0.667. The molecule has 1 aliphatic rings. The monoisotopic (exact) mass is 274 g/mol. The van der Waals surface area contributed by atoms with E-state index in [0.717, 1.165) is 17.8 Å². The second-order valence-corrected chi connectivity index (χ2v) is 6.78. The standard InChI is InChI=1S/C18H30N2/c1-13-6-7-16(12-14(13)2)18(19-3)15-8-10-17(11-9-15)20(4)5/h8-11,13-14,16,18-19H,6-7,12H2,1-5H3. The van der Waals surface area contributed by atoms with Gasteiger partial charge >= 0.3 is 0 Å². The fourth-order valence-electron chi connectivity index (χ4n) is 3.55. The Hall–Kier alpha value is -1.02. The fourth-order valence-corrected chi connectivity index (χ4v) is 3.55. The third-order valence-electron chi connectivity index (χ3n) is 5.19. The summed E-state index contributed by atoms with van der Waals surface area (Å²) < 4.78 is 0. The molecule has 1 N–H and O–H groups in total. The molecule has 2 rings (SSSR count). The lowest BCUT2D eigenvalue weighted by atomic mass is 9.72. The van der Waals surface area contributed by atoms with Crippen LogP contribution in [0, 0.1) is 17.8 Å². The third kappa shape index (κ3) is 3.35. The Bertz CT molecular complexity index is 410. The van der Waals surface area contributed by atoms with Gasteiger partial charge in [0.15, 0.2) is 0 Å². The van der Waals surface area contributed by atoms with Crippen molar-refractivity contribution in [3.8, 4) is 0 Å². The highest BCUT2D eigenvalue weighted by atomic mass is 15.1. The lowest BCUT2D eigenvalue weighted by Crippen LogP contribution is -2.31. The molecule has 1 aliphatic carbocycles. The van der Waals surface area contributed by atoms with Gasteiger partial charge in [0.1, 0.15) is 0 Å². The average Bonchev–Trinajstić information content (AvgIpc) is 2.44. The van der Waals surface area contributed by atoms with Gasteiger partial charge in [0.2, 0.25) is 0 Å². The first-order chi connectivity index (χ1) is 9.52. The van der Waals surface area contributed by atoms with E-state index in [4.69, 9.17) is 0 Å². The van der Waals surface area contributed by atoms with Crippen molar-refractivity contribution >= 4 is 5.69 Å². The summed E-state index contributed by atoms with van der Waals surface area (Å²) in [6.45, 7) is 4.82. The summed E-state index contributed by atoms with van der Waals surface area (Å²) in [4.78, 5) is 2.16. The van der Waals surface area contributed by atoms with Crippen LogP contribution in [0.4, 0.5) is 5.69 Å². The molecule has 1 saturated carbocycles. The molecule has 0 aromatic heterocycles. The lowest BCUT2D eigenvalue weighted by Gasteiger charge is -2.37. The van der Waals surface area contributed by atoms with E-state index in [2.05, 4.69) is 69.5 Å². The Kier molecular flexibility index (Phi) is 5.09. The summed E-state index contributed by atoms with van der Waals surface area (Å²) in [6.07, 6.45) is 4.08. The first kappa shape index (κ1) is 15.4. The van der Waals surface area contributed by atoms with Crippen molar-refractivity contribution in [3.05, 3.63) is 29.8 Å². The van der Waals surface area contributed by atoms with Crippen LogP contribution >= 0.6 is 0 Å². The summed E-state index contributed by atoms with van der Waals surface area (Å²) in [5.74, 6) is 2.52. The van der Waals surface area contributed by atoms with Crippen LogP contribution in [-0.4, -0.2) is 21.1 Å². The van der Waals surface area contributed by atoms with E-state index in [9.17, 15) is 0 Å².